The Labute approximate surface area is 146 Å². The van der Waals surface area contributed by atoms with Gasteiger partial charge in [0.25, 0.3) is 0 Å². The maximum Gasteiger partial charge on any atom is 0.221 e. The number of carbonyl (C=O) groups is 1. The summed E-state index contributed by atoms with van der Waals surface area (Å²) in [7, 11) is 0. The third kappa shape index (κ3) is 2.29. The molecule has 4 aliphatic rings. The molecule has 3 nitrogen and oxygen atoms in total. The van der Waals surface area contributed by atoms with Crippen LogP contribution in [0.2, 0.25) is 0 Å². The molecular weight excluding hydrogens is 298 g/mol. The Morgan fingerprint density at radius 2 is 1.79 bits per heavy atom. The molecular formula is C21H35NO2. The van der Waals surface area contributed by atoms with Gasteiger partial charge >= 0.3 is 0 Å². The van der Waals surface area contributed by atoms with Gasteiger partial charge in [0.1, 0.15) is 0 Å². The lowest BCUT2D eigenvalue weighted by Gasteiger charge is -2.57. The van der Waals surface area contributed by atoms with Gasteiger partial charge in [-0.1, -0.05) is 13.8 Å². The van der Waals surface area contributed by atoms with E-state index in [-0.39, 0.29) is 17.2 Å². The third-order valence-electron chi connectivity index (χ3n) is 9.23. The topological polar surface area (TPSA) is 63.3 Å². The maximum absolute atomic E-state index is 12.0. The summed E-state index contributed by atoms with van der Waals surface area (Å²) in [6.07, 6.45) is 9.45. The van der Waals surface area contributed by atoms with Gasteiger partial charge in [-0.3, -0.25) is 4.79 Å². The van der Waals surface area contributed by atoms with E-state index in [4.69, 9.17) is 5.73 Å². The molecule has 0 aromatic rings. The average Bonchev–Trinajstić information content (AvgIpc) is 2.85. The summed E-state index contributed by atoms with van der Waals surface area (Å²) >= 11 is 0. The number of aliphatic hydroxyl groups is 1. The van der Waals surface area contributed by atoms with Crippen molar-refractivity contribution in [3.63, 3.8) is 0 Å². The predicted octanol–water partition coefficient (Wildman–Crippen LogP) is 3.74. The summed E-state index contributed by atoms with van der Waals surface area (Å²) in [6.45, 7) is 6.65. The molecule has 0 aromatic carbocycles. The first-order valence-corrected chi connectivity index (χ1v) is 10.3. The average molecular weight is 334 g/mol. The number of fused-ring (bicyclic) bond motifs is 5. The van der Waals surface area contributed by atoms with Crippen molar-refractivity contribution in [1.82, 2.24) is 0 Å². The monoisotopic (exact) mass is 333 g/mol. The first kappa shape index (κ1) is 16.9. The molecule has 0 spiro atoms. The Kier molecular flexibility index (Phi) is 3.84. The van der Waals surface area contributed by atoms with E-state index in [0.717, 1.165) is 36.5 Å². The van der Waals surface area contributed by atoms with Crippen molar-refractivity contribution in [2.45, 2.75) is 77.7 Å². The zero-order chi connectivity index (χ0) is 17.3. The minimum atomic E-state index is -0.471. The van der Waals surface area contributed by atoms with Crippen molar-refractivity contribution in [3.8, 4) is 0 Å². The zero-order valence-electron chi connectivity index (χ0n) is 15.6. The maximum atomic E-state index is 12.0. The van der Waals surface area contributed by atoms with Crippen LogP contribution >= 0.6 is 0 Å². The van der Waals surface area contributed by atoms with E-state index in [0.29, 0.717) is 11.8 Å². The van der Waals surface area contributed by atoms with Gasteiger partial charge in [-0.2, -0.15) is 0 Å². The van der Waals surface area contributed by atoms with Gasteiger partial charge in [0.05, 0.1) is 5.60 Å². The van der Waals surface area contributed by atoms with E-state index in [1.54, 1.807) is 0 Å². The Morgan fingerprint density at radius 3 is 2.50 bits per heavy atom. The van der Waals surface area contributed by atoms with Crippen LogP contribution in [0.5, 0.6) is 0 Å². The Morgan fingerprint density at radius 1 is 1.04 bits per heavy atom. The van der Waals surface area contributed by atoms with Crippen molar-refractivity contribution in [3.05, 3.63) is 0 Å². The van der Waals surface area contributed by atoms with Crippen LogP contribution < -0.4 is 5.73 Å². The van der Waals surface area contributed by atoms with Gasteiger partial charge in [-0.25, -0.2) is 0 Å². The summed E-state index contributed by atoms with van der Waals surface area (Å²) in [5, 5.41) is 10.7. The molecule has 0 aliphatic heterocycles. The molecule has 0 bridgehead atoms. The predicted molar refractivity (Wildman–Crippen MR) is 95.0 cm³/mol. The molecule has 4 aliphatic carbocycles. The van der Waals surface area contributed by atoms with Crippen molar-refractivity contribution in [1.29, 1.82) is 0 Å². The number of amides is 1. The molecule has 9 atom stereocenters. The first-order valence-electron chi connectivity index (χ1n) is 10.3. The molecule has 4 rings (SSSR count). The first-order chi connectivity index (χ1) is 11.2. The van der Waals surface area contributed by atoms with Crippen LogP contribution in [0.15, 0.2) is 0 Å². The SMILES string of the molecule is C[C@H]1C[C@H]2[C@H](CC[C@@H]3[C@@H]2CC[C@]2(C)[C@@H](C(N)=O)CC[C@@H]32)C[C@]1(C)O. The minimum absolute atomic E-state index is 0.0607. The minimum Gasteiger partial charge on any atom is -0.390 e. The highest BCUT2D eigenvalue weighted by molar-refractivity contribution is 5.78. The van der Waals surface area contributed by atoms with Crippen molar-refractivity contribution in [2.24, 2.45) is 52.6 Å². The van der Waals surface area contributed by atoms with Crippen LogP contribution in [0.4, 0.5) is 0 Å². The van der Waals surface area contributed by atoms with Crippen molar-refractivity contribution >= 4 is 5.91 Å². The summed E-state index contributed by atoms with van der Waals surface area (Å²) in [4.78, 5) is 12.0. The molecule has 4 fully saturated rings. The molecule has 4 saturated carbocycles. The van der Waals surface area contributed by atoms with E-state index in [9.17, 15) is 9.90 Å². The molecule has 3 N–H and O–H groups in total. The lowest BCUT2D eigenvalue weighted by atomic mass is 9.48. The zero-order valence-corrected chi connectivity index (χ0v) is 15.6. The van der Waals surface area contributed by atoms with Crippen LogP contribution in [0.1, 0.15) is 72.1 Å². The molecule has 136 valence electrons. The van der Waals surface area contributed by atoms with E-state index in [2.05, 4.69) is 13.8 Å². The van der Waals surface area contributed by atoms with Gasteiger partial charge in [-0.15, -0.1) is 0 Å². The van der Waals surface area contributed by atoms with Gasteiger partial charge in [0, 0.05) is 5.92 Å². The van der Waals surface area contributed by atoms with Gasteiger partial charge in [0.2, 0.25) is 5.91 Å². The molecule has 0 saturated heterocycles. The second-order valence-corrected chi connectivity index (χ2v) is 10.2. The van der Waals surface area contributed by atoms with Crippen LogP contribution in [-0.2, 0) is 4.79 Å². The molecule has 0 aromatic heterocycles. The molecule has 1 amide bonds. The van der Waals surface area contributed by atoms with E-state index >= 15 is 0 Å². The van der Waals surface area contributed by atoms with E-state index in [1.807, 2.05) is 6.92 Å². The van der Waals surface area contributed by atoms with Crippen LogP contribution in [0.25, 0.3) is 0 Å². The second kappa shape index (κ2) is 5.46. The normalized spacial score (nSPS) is 56.9. The Bertz CT molecular complexity index is 530. The molecule has 24 heavy (non-hydrogen) atoms. The molecule has 0 radical (unpaired) electrons. The number of primary amides is 1. The van der Waals surface area contributed by atoms with Gasteiger partial charge < -0.3 is 10.8 Å². The quantitative estimate of drug-likeness (QED) is 0.768. The molecule has 0 heterocycles. The lowest BCUT2D eigenvalue weighted by Crippen LogP contribution is -2.53. The van der Waals surface area contributed by atoms with Crippen molar-refractivity contribution in [2.75, 3.05) is 0 Å². The number of hydrogen-bond acceptors (Lipinski definition) is 2. The highest BCUT2D eigenvalue weighted by Gasteiger charge is 2.59. The number of rotatable bonds is 1. The summed E-state index contributed by atoms with van der Waals surface area (Å²) < 4.78 is 0. The number of nitrogens with two attached hydrogens (primary N) is 1. The molecule has 3 heteroatoms. The Hall–Kier alpha value is -0.570. The summed E-state index contributed by atoms with van der Waals surface area (Å²) in [5.41, 5.74) is 5.43. The lowest BCUT2D eigenvalue weighted by molar-refractivity contribution is -0.135. The summed E-state index contributed by atoms with van der Waals surface area (Å²) in [6, 6.07) is 0. The fourth-order valence-electron chi connectivity index (χ4n) is 7.72. The number of carbonyl (C=O) groups excluding carboxylic acids is 1. The highest BCUT2D eigenvalue weighted by atomic mass is 16.3. The fourth-order valence-corrected chi connectivity index (χ4v) is 7.72. The second-order valence-electron chi connectivity index (χ2n) is 10.2. The fraction of sp³-hybridized carbons (Fsp3) is 0.952. The summed E-state index contributed by atoms with van der Waals surface area (Å²) in [5.74, 6) is 4.30. The smallest absolute Gasteiger partial charge is 0.221 e. The van der Waals surface area contributed by atoms with E-state index < -0.39 is 5.60 Å². The highest BCUT2D eigenvalue weighted by Crippen LogP contribution is 2.64. The van der Waals surface area contributed by atoms with Crippen LogP contribution in [0, 0.1) is 46.8 Å². The van der Waals surface area contributed by atoms with Gasteiger partial charge in [-0.05, 0) is 99.2 Å². The number of hydrogen-bond donors (Lipinski definition) is 2. The van der Waals surface area contributed by atoms with Crippen LogP contribution in [0.3, 0.4) is 0 Å². The molecule has 0 unspecified atom stereocenters. The standard InChI is InChI=1S/C21H35NO2/c1-12-10-16-13(11-21(12,3)24)4-5-15-14(16)8-9-20(2)17(15)6-7-18(20)19(22)23/h12-18,24H,4-11H2,1-3H3,(H2,22,23)/t12-,13+,14-,15+,16-,17-,18+,20-,21-/m0/s1. The largest absolute Gasteiger partial charge is 0.390 e. The Balaban J connectivity index is 1.57. The van der Waals surface area contributed by atoms with Crippen LogP contribution in [-0.4, -0.2) is 16.6 Å². The van der Waals surface area contributed by atoms with Crippen molar-refractivity contribution < 1.29 is 9.90 Å². The third-order valence-corrected chi connectivity index (χ3v) is 9.23. The van der Waals surface area contributed by atoms with E-state index in [1.165, 1.54) is 38.5 Å². The van der Waals surface area contributed by atoms with Gasteiger partial charge in [0.15, 0.2) is 0 Å².